The fourth-order valence-electron chi connectivity index (χ4n) is 3.01. The summed E-state index contributed by atoms with van der Waals surface area (Å²) in [6.07, 6.45) is 3.97. The summed E-state index contributed by atoms with van der Waals surface area (Å²) in [5.41, 5.74) is 2.16. The van der Waals surface area contributed by atoms with Crippen molar-refractivity contribution in [1.82, 2.24) is 19.9 Å². The second-order valence-electron chi connectivity index (χ2n) is 5.92. The van der Waals surface area contributed by atoms with E-state index in [-0.39, 0.29) is 5.91 Å². The number of hydrogen-bond acceptors (Lipinski definition) is 6. The first-order valence-corrected chi connectivity index (χ1v) is 8.30. The van der Waals surface area contributed by atoms with E-state index in [1.807, 2.05) is 0 Å². The van der Waals surface area contributed by atoms with Crippen LogP contribution < -0.4 is 0 Å². The maximum atomic E-state index is 12.8. The Balaban J connectivity index is 1.84. The third-order valence-corrected chi connectivity index (χ3v) is 4.30. The van der Waals surface area contributed by atoms with Crippen molar-refractivity contribution >= 4 is 23.1 Å². The van der Waals surface area contributed by atoms with Gasteiger partial charge in [0, 0.05) is 42.0 Å². The highest BCUT2D eigenvalue weighted by Gasteiger charge is 2.20. The molecule has 0 spiro atoms. The van der Waals surface area contributed by atoms with E-state index in [4.69, 9.17) is 4.74 Å². The van der Waals surface area contributed by atoms with Gasteiger partial charge in [-0.3, -0.25) is 9.59 Å². The van der Waals surface area contributed by atoms with Crippen molar-refractivity contribution < 1.29 is 14.3 Å². The van der Waals surface area contributed by atoms with Crippen molar-refractivity contribution in [1.29, 1.82) is 0 Å². The van der Waals surface area contributed by atoms with Crippen molar-refractivity contribution in [3.8, 4) is 11.4 Å². The third-order valence-electron chi connectivity index (χ3n) is 4.30. The predicted molar refractivity (Wildman–Crippen MR) is 94.9 cm³/mol. The first-order chi connectivity index (χ1) is 12.8. The van der Waals surface area contributed by atoms with Gasteiger partial charge in [-0.25, -0.2) is 15.0 Å². The predicted octanol–water partition coefficient (Wildman–Crippen LogP) is 1.98. The number of aromatic nitrogens is 3. The normalized spacial score (nSPS) is 14.4. The minimum atomic E-state index is -0.0467. The number of rotatable bonds is 3. The van der Waals surface area contributed by atoms with Crippen LogP contribution in [0.25, 0.3) is 22.3 Å². The molecule has 0 saturated carbocycles. The number of aldehydes is 1. The number of carbonyl (C=O) groups excluding carboxylic acids is 2. The van der Waals surface area contributed by atoms with Crippen LogP contribution in [0, 0.1) is 0 Å². The molecule has 26 heavy (non-hydrogen) atoms. The van der Waals surface area contributed by atoms with E-state index >= 15 is 0 Å². The number of hydrogen-bond donors (Lipinski definition) is 0. The van der Waals surface area contributed by atoms with E-state index in [1.165, 1.54) is 0 Å². The maximum Gasteiger partial charge on any atom is 0.254 e. The number of carbonyl (C=O) groups is 2. The first-order valence-electron chi connectivity index (χ1n) is 8.30. The second-order valence-corrected chi connectivity index (χ2v) is 5.92. The third kappa shape index (κ3) is 3.04. The van der Waals surface area contributed by atoms with Gasteiger partial charge >= 0.3 is 0 Å². The summed E-state index contributed by atoms with van der Waals surface area (Å²) < 4.78 is 5.30. The van der Waals surface area contributed by atoms with Gasteiger partial charge in [-0.05, 0) is 30.3 Å². The Morgan fingerprint density at radius 1 is 1.12 bits per heavy atom. The quantitative estimate of drug-likeness (QED) is 0.673. The van der Waals surface area contributed by atoms with Crippen molar-refractivity contribution in [3.05, 3.63) is 54.0 Å². The number of fused-ring (bicyclic) bond motifs is 1. The molecule has 2 aromatic heterocycles. The molecule has 0 bridgehead atoms. The molecule has 1 fully saturated rings. The molecule has 1 saturated heterocycles. The minimum absolute atomic E-state index is 0.0467. The fraction of sp³-hybridized carbons (Fsp3) is 0.211. The number of pyridine rings is 1. The highest BCUT2D eigenvalue weighted by Crippen LogP contribution is 2.27. The molecule has 0 unspecified atom stereocenters. The zero-order valence-electron chi connectivity index (χ0n) is 14.0. The SMILES string of the molecule is O=Cc1cc(-c2ncccn2)c2cc(C(=O)N3CCOCC3)ccc2n1. The molecule has 1 aliphatic heterocycles. The minimum Gasteiger partial charge on any atom is -0.378 e. The van der Waals surface area contributed by atoms with E-state index in [2.05, 4.69) is 15.0 Å². The molecule has 3 heterocycles. The Bertz CT molecular complexity index is 969. The van der Waals surface area contributed by atoms with Crippen LogP contribution in [0.1, 0.15) is 20.8 Å². The summed E-state index contributed by atoms with van der Waals surface area (Å²) in [5, 5.41) is 0.737. The lowest BCUT2D eigenvalue weighted by Crippen LogP contribution is -2.40. The van der Waals surface area contributed by atoms with E-state index in [0.717, 1.165) is 5.39 Å². The number of benzene rings is 1. The van der Waals surface area contributed by atoms with Gasteiger partial charge in [-0.15, -0.1) is 0 Å². The van der Waals surface area contributed by atoms with Gasteiger partial charge in [0.05, 0.1) is 18.7 Å². The smallest absolute Gasteiger partial charge is 0.254 e. The van der Waals surface area contributed by atoms with E-state index in [9.17, 15) is 9.59 Å². The average Bonchev–Trinajstić information content (AvgIpc) is 2.73. The Hall–Kier alpha value is -3.19. The standard InChI is InChI=1S/C19H16N4O3/c24-12-14-11-16(18-20-4-1-5-21-18)15-10-13(2-3-17(15)22-14)19(25)23-6-8-26-9-7-23/h1-5,10-12H,6-9H2. The second kappa shape index (κ2) is 6.97. The van der Waals surface area contributed by atoms with E-state index < -0.39 is 0 Å². The van der Waals surface area contributed by atoms with Crippen LogP contribution in [-0.2, 0) is 4.74 Å². The van der Waals surface area contributed by atoms with E-state index in [1.54, 1.807) is 47.6 Å². The fourth-order valence-corrected chi connectivity index (χ4v) is 3.01. The summed E-state index contributed by atoms with van der Waals surface area (Å²) in [6, 6.07) is 8.65. The van der Waals surface area contributed by atoms with Crippen LogP contribution in [0.15, 0.2) is 42.7 Å². The van der Waals surface area contributed by atoms with Gasteiger partial charge in [0.2, 0.25) is 0 Å². The lowest BCUT2D eigenvalue weighted by atomic mass is 10.0. The van der Waals surface area contributed by atoms with Crippen molar-refractivity contribution in [2.45, 2.75) is 0 Å². The first kappa shape index (κ1) is 16.3. The summed E-state index contributed by atoms with van der Waals surface area (Å²) in [7, 11) is 0. The number of morpholine rings is 1. The van der Waals surface area contributed by atoms with Crippen molar-refractivity contribution in [3.63, 3.8) is 0 Å². The van der Waals surface area contributed by atoms with Gasteiger partial charge in [0.1, 0.15) is 5.69 Å². The maximum absolute atomic E-state index is 12.8. The molecule has 1 aromatic carbocycles. The van der Waals surface area contributed by atoms with E-state index in [0.29, 0.717) is 60.8 Å². The number of amides is 1. The van der Waals surface area contributed by atoms with Gasteiger partial charge < -0.3 is 9.64 Å². The average molecular weight is 348 g/mol. The largest absolute Gasteiger partial charge is 0.378 e. The highest BCUT2D eigenvalue weighted by molar-refractivity contribution is 6.02. The zero-order valence-corrected chi connectivity index (χ0v) is 14.0. The lowest BCUT2D eigenvalue weighted by molar-refractivity contribution is 0.0303. The summed E-state index contributed by atoms with van der Waals surface area (Å²) >= 11 is 0. The van der Waals surface area contributed by atoms with Crippen LogP contribution in [0.4, 0.5) is 0 Å². The molecule has 0 aliphatic carbocycles. The Morgan fingerprint density at radius 3 is 2.62 bits per heavy atom. The molecule has 130 valence electrons. The van der Waals surface area contributed by atoms with Gasteiger partial charge in [-0.2, -0.15) is 0 Å². The summed E-state index contributed by atoms with van der Waals surface area (Å²) in [6.45, 7) is 2.25. The van der Waals surface area contributed by atoms with Crippen molar-refractivity contribution in [2.75, 3.05) is 26.3 Å². The molecule has 0 radical (unpaired) electrons. The number of ether oxygens (including phenoxy) is 1. The lowest BCUT2D eigenvalue weighted by Gasteiger charge is -2.27. The molecular formula is C19H16N4O3. The molecule has 7 nitrogen and oxygen atoms in total. The molecule has 4 rings (SSSR count). The molecule has 3 aromatic rings. The number of nitrogens with zero attached hydrogens (tertiary/aromatic N) is 4. The summed E-state index contributed by atoms with van der Waals surface area (Å²) in [4.78, 5) is 38.7. The molecule has 7 heteroatoms. The van der Waals surface area contributed by atoms with Gasteiger partial charge in [0.15, 0.2) is 12.1 Å². The molecule has 0 atom stereocenters. The Kier molecular flexibility index (Phi) is 4.37. The van der Waals surface area contributed by atoms with Crippen LogP contribution in [0.3, 0.4) is 0 Å². The van der Waals surface area contributed by atoms with Crippen molar-refractivity contribution in [2.24, 2.45) is 0 Å². The van der Waals surface area contributed by atoms with Crippen LogP contribution in [0.5, 0.6) is 0 Å². The topological polar surface area (TPSA) is 85.3 Å². The monoisotopic (exact) mass is 348 g/mol. The van der Waals surface area contributed by atoms with Crippen LogP contribution >= 0.6 is 0 Å². The Labute approximate surface area is 149 Å². The van der Waals surface area contributed by atoms with Crippen LogP contribution in [-0.4, -0.2) is 58.3 Å². The van der Waals surface area contributed by atoms with Crippen LogP contribution in [0.2, 0.25) is 0 Å². The zero-order chi connectivity index (χ0) is 17.9. The van der Waals surface area contributed by atoms with Gasteiger partial charge in [-0.1, -0.05) is 0 Å². The Morgan fingerprint density at radius 2 is 1.88 bits per heavy atom. The summed E-state index contributed by atoms with van der Waals surface area (Å²) in [5.74, 6) is 0.438. The molecule has 0 N–H and O–H groups in total. The molecule has 1 amide bonds. The van der Waals surface area contributed by atoms with Gasteiger partial charge in [0.25, 0.3) is 5.91 Å². The highest BCUT2D eigenvalue weighted by atomic mass is 16.5. The molecular weight excluding hydrogens is 332 g/mol. The molecule has 1 aliphatic rings.